The molecule has 0 fully saturated rings. The Morgan fingerprint density at radius 3 is 2.72 bits per heavy atom. The van der Waals surface area contributed by atoms with Crippen LogP contribution in [0.1, 0.15) is 31.5 Å². The fourth-order valence-electron chi connectivity index (χ4n) is 3.46. The summed E-state index contributed by atoms with van der Waals surface area (Å²) in [6, 6.07) is 12.7. The number of benzene rings is 1. The van der Waals surface area contributed by atoms with Gasteiger partial charge in [0.1, 0.15) is 5.65 Å². The first-order valence-corrected chi connectivity index (χ1v) is 11.6. The number of aryl methyl sites for hydroxylation is 1. The van der Waals surface area contributed by atoms with Gasteiger partial charge in [-0.25, -0.2) is 9.97 Å². The van der Waals surface area contributed by atoms with Crippen molar-refractivity contribution in [2.24, 2.45) is 0 Å². The second kappa shape index (κ2) is 9.67. The number of hydrogen-bond acceptors (Lipinski definition) is 6. The van der Waals surface area contributed by atoms with E-state index < -0.39 is 0 Å². The predicted molar refractivity (Wildman–Crippen MR) is 127 cm³/mol. The molecule has 32 heavy (non-hydrogen) atoms. The molecule has 0 bridgehead atoms. The summed E-state index contributed by atoms with van der Waals surface area (Å²) in [7, 11) is 0. The summed E-state index contributed by atoms with van der Waals surface area (Å²) in [6.45, 7) is 7.04. The molecule has 0 spiro atoms. The average Bonchev–Trinajstić information content (AvgIpc) is 2.76. The number of fused-ring (bicyclic) bond motifs is 2. The van der Waals surface area contributed by atoms with Crippen molar-refractivity contribution in [2.45, 2.75) is 50.8 Å². The number of thioether (sulfide) groups is 1. The van der Waals surface area contributed by atoms with E-state index in [2.05, 4.69) is 4.98 Å². The molecule has 1 aromatic carbocycles. The van der Waals surface area contributed by atoms with Crippen LogP contribution in [0.2, 0.25) is 0 Å². The van der Waals surface area contributed by atoms with Crippen LogP contribution in [-0.2, 0) is 17.0 Å². The molecule has 7 nitrogen and oxygen atoms in total. The van der Waals surface area contributed by atoms with Crippen LogP contribution >= 0.6 is 11.8 Å². The minimum atomic E-state index is -0.125. The van der Waals surface area contributed by atoms with Crippen molar-refractivity contribution in [1.82, 2.24) is 18.9 Å². The van der Waals surface area contributed by atoms with E-state index in [-0.39, 0.29) is 17.2 Å². The molecule has 8 heteroatoms. The van der Waals surface area contributed by atoms with E-state index in [1.54, 1.807) is 16.8 Å². The second-order valence-electron chi connectivity index (χ2n) is 7.95. The van der Waals surface area contributed by atoms with Crippen LogP contribution in [0.4, 0.5) is 0 Å². The molecule has 0 N–H and O–H groups in total. The van der Waals surface area contributed by atoms with Crippen molar-refractivity contribution >= 4 is 28.3 Å². The molecule has 3 aromatic heterocycles. The molecule has 0 saturated carbocycles. The monoisotopic (exact) mass is 450 g/mol. The van der Waals surface area contributed by atoms with Gasteiger partial charge in [-0.05, 0) is 57.0 Å². The molecule has 0 unspecified atom stereocenters. The highest BCUT2D eigenvalue weighted by Gasteiger charge is 2.13. The lowest BCUT2D eigenvalue weighted by molar-refractivity contribution is 0.0743. The summed E-state index contributed by atoms with van der Waals surface area (Å²) in [6.07, 6.45) is 2.59. The third-order valence-corrected chi connectivity index (χ3v) is 6.04. The lowest BCUT2D eigenvalue weighted by Crippen LogP contribution is -2.24. The fraction of sp³-hybridized carbons (Fsp3) is 0.333. The summed E-state index contributed by atoms with van der Waals surface area (Å²) in [5.74, 6) is 0.437. The highest BCUT2D eigenvalue weighted by Crippen LogP contribution is 2.21. The smallest absolute Gasteiger partial charge is 0.262 e. The van der Waals surface area contributed by atoms with Gasteiger partial charge in [0, 0.05) is 31.2 Å². The first kappa shape index (κ1) is 22.2. The molecule has 4 rings (SSSR count). The van der Waals surface area contributed by atoms with Gasteiger partial charge in [0.05, 0.1) is 22.7 Å². The SMILES string of the molecule is Cc1ccn2c(=O)cc(CSc3nc4ccccc4c(=O)n3CCCOC(C)C)nc2c1. The molecule has 4 aromatic rings. The predicted octanol–water partition coefficient (Wildman–Crippen LogP) is 3.82. The van der Waals surface area contributed by atoms with Crippen LogP contribution in [0.25, 0.3) is 16.6 Å². The number of pyridine rings is 1. The molecule has 166 valence electrons. The second-order valence-corrected chi connectivity index (χ2v) is 8.89. The first-order chi connectivity index (χ1) is 15.4. The third kappa shape index (κ3) is 4.92. The van der Waals surface area contributed by atoms with Crippen LogP contribution in [0.3, 0.4) is 0 Å². The van der Waals surface area contributed by atoms with Crippen LogP contribution in [-0.4, -0.2) is 31.6 Å². The summed E-state index contributed by atoms with van der Waals surface area (Å²) >= 11 is 1.42. The molecule has 0 amide bonds. The summed E-state index contributed by atoms with van der Waals surface area (Å²) in [4.78, 5) is 35.0. The average molecular weight is 451 g/mol. The number of hydrogen-bond donors (Lipinski definition) is 0. The quantitative estimate of drug-likeness (QED) is 0.231. The van der Waals surface area contributed by atoms with E-state index in [1.807, 2.05) is 51.1 Å². The van der Waals surface area contributed by atoms with E-state index in [0.29, 0.717) is 52.7 Å². The molecule has 0 saturated heterocycles. The van der Waals surface area contributed by atoms with E-state index in [4.69, 9.17) is 9.72 Å². The van der Waals surface area contributed by atoms with Crippen molar-refractivity contribution in [2.75, 3.05) is 6.61 Å². The molecule has 0 aliphatic carbocycles. The zero-order valence-corrected chi connectivity index (χ0v) is 19.3. The van der Waals surface area contributed by atoms with E-state index >= 15 is 0 Å². The van der Waals surface area contributed by atoms with Crippen LogP contribution in [0, 0.1) is 6.92 Å². The maximum absolute atomic E-state index is 13.2. The Morgan fingerprint density at radius 2 is 1.91 bits per heavy atom. The van der Waals surface area contributed by atoms with E-state index in [1.165, 1.54) is 22.2 Å². The lowest BCUT2D eigenvalue weighted by Gasteiger charge is -2.14. The largest absolute Gasteiger partial charge is 0.379 e. The zero-order valence-electron chi connectivity index (χ0n) is 18.4. The molecule has 0 radical (unpaired) electrons. The Bertz CT molecular complexity index is 1380. The van der Waals surface area contributed by atoms with Crippen molar-refractivity contribution in [3.05, 3.63) is 80.6 Å². The van der Waals surface area contributed by atoms with Gasteiger partial charge in [0.2, 0.25) is 0 Å². The van der Waals surface area contributed by atoms with Gasteiger partial charge in [-0.2, -0.15) is 0 Å². The Hall–Kier alpha value is -2.97. The maximum Gasteiger partial charge on any atom is 0.262 e. The van der Waals surface area contributed by atoms with Crippen LogP contribution in [0.5, 0.6) is 0 Å². The summed E-state index contributed by atoms with van der Waals surface area (Å²) in [5.41, 5.74) is 2.78. The Balaban J connectivity index is 1.64. The highest BCUT2D eigenvalue weighted by molar-refractivity contribution is 7.98. The zero-order chi connectivity index (χ0) is 22.7. The van der Waals surface area contributed by atoms with Crippen LogP contribution in [0.15, 0.2) is 63.4 Å². The number of nitrogens with zero attached hydrogens (tertiary/aromatic N) is 4. The minimum Gasteiger partial charge on any atom is -0.379 e. The van der Waals surface area contributed by atoms with Crippen molar-refractivity contribution in [1.29, 1.82) is 0 Å². The molecule has 0 aliphatic heterocycles. The van der Waals surface area contributed by atoms with E-state index in [9.17, 15) is 9.59 Å². The topological polar surface area (TPSA) is 78.5 Å². The van der Waals surface area contributed by atoms with Gasteiger partial charge in [0.15, 0.2) is 5.16 Å². The Labute approximate surface area is 190 Å². The summed E-state index contributed by atoms with van der Waals surface area (Å²) < 4.78 is 8.87. The van der Waals surface area contributed by atoms with Crippen molar-refractivity contribution in [3.63, 3.8) is 0 Å². The molecule has 3 heterocycles. The molecule has 0 atom stereocenters. The summed E-state index contributed by atoms with van der Waals surface area (Å²) in [5, 5.41) is 1.21. The van der Waals surface area contributed by atoms with Crippen molar-refractivity contribution < 1.29 is 4.74 Å². The highest BCUT2D eigenvalue weighted by atomic mass is 32.2. The molecule has 0 aliphatic rings. The molecular weight excluding hydrogens is 424 g/mol. The Morgan fingerprint density at radius 1 is 1.09 bits per heavy atom. The van der Waals surface area contributed by atoms with E-state index in [0.717, 1.165) is 5.56 Å². The normalized spacial score (nSPS) is 11.6. The van der Waals surface area contributed by atoms with Crippen molar-refractivity contribution in [3.8, 4) is 0 Å². The third-order valence-electron chi connectivity index (χ3n) is 5.03. The van der Waals surface area contributed by atoms with Gasteiger partial charge in [-0.3, -0.25) is 18.6 Å². The van der Waals surface area contributed by atoms with Gasteiger partial charge in [-0.15, -0.1) is 0 Å². The number of para-hydroxylation sites is 1. The number of ether oxygens (including phenoxy) is 1. The van der Waals surface area contributed by atoms with Gasteiger partial charge < -0.3 is 4.74 Å². The van der Waals surface area contributed by atoms with Gasteiger partial charge >= 0.3 is 0 Å². The van der Waals surface area contributed by atoms with Crippen LogP contribution < -0.4 is 11.1 Å². The Kier molecular flexibility index (Phi) is 6.72. The maximum atomic E-state index is 13.2. The van der Waals surface area contributed by atoms with Gasteiger partial charge in [0.25, 0.3) is 11.1 Å². The minimum absolute atomic E-state index is 0.0650. The lowest BCUT2D eigenvalue weighted by atomic mass is 10.2. The number of aromatic nitrogens is 4. The fourth-order valence-corrected chi connectivity index (χ4v) is 4.38. The number of rotatable bonds is 8. The van der Waals surface area contributed by atoms with Gasteiger partial charge in [-0.1, -0.05) is 23.9 Å². The molecular formula is C24H26N4O3S. The standard InChI is InChI=1S/C24H26N4O3S/c1-16(2)31-12-6-10-28-23(30)19-7-4-5-8-20(19)26-24(28)32-15-18-14-22(29)27-11-9-17(3)13-21(27)25-18/h4-5,7-9,11,13-14,16H,6,10,12,15H2,1-3H3. The first-order valence-electron chi connectivity index (χ1n) is 10.7.